The molecule has 1 unspecified atom stereocenters. The molecule has 0 saturated heterocycles. The number of nitrogens with zero attached hydrogens (tertiary/aromatic N) is 4. The summed E-state index contributed by atoms with van der Waals surface area (Å²) in [4.78, 5) is 11.7. The lowest BCUT2D eigenvalue weighted by atomic mass is 10.1. The predicted molar refractivity (Wildman–Crippen MR) is 149 cm³/mol. The molecule has 4 rings (SSSR count). The lowest BCUT2D eigenvalue weighted by Gasteiger charge is -2.23. The number of methoxy groups -OCH3 is 3. The number of ether oxygens (including phenoxy) is 3. The van der Waals surface area contributed by atoms with Gasteiger partial charge in [-0.3, -0.25) is 9.40 Å². The van der Waals surface area contributed by atoms with Crippen LogP contribution in [-0.4, -0.2) is 69.9 Å². The van der Waals surface area contributed by atoms with Gasteiger partial charge in [0.25, 0.3) is 0 Å². The largest absolute Gasteiger partial charge is 0.494 e. The smallest absolute Gasteiger partial charge is 0.233 e. The predicted octanol–water partition coefficient (Wildman–Crippen LogP) is 2.86. The van der Waals surface area contributed by atoms with Crippen LogP contribution in [0.1, 0.15) is 24.4 Å². The van der Waals surface area contributed by atoms with E-state index in [0.717, 1.165) is 18.4 Å². The highest BCUT2D eigenvalue weighted by molar-refractivity contribution is 7.90. The van der Waals surface area contributed by atoms with E-state index in [1.807, 2.05) is 4.89 Å². The van der Waals surface area contributed by atoms with Crippen molar-refractivity contribution in [2.45, 2.75) is 17.9 Å². The summed E-state index contributed by atoms with van der Waals surface area (Å²) in [5, 5.41) is 8.61. The minimum absolute atomic E-state index is 0.113. The summed E-state index contributed by atoms with van der Waals surface area (Å²) in [6.07, 6.45) is -0.698. The number of para-hydroxylation sites is 1. The topological polar surface area (TPSA) is 161 Å². The molecule has 2 heterocycles. The zero-order valence-corrected chi connectivity index (χ0v) is 24.9. The normalized spacial score (nSPS) is 12.6. The first kappa shape index (κ1) is 30.8. The van der Waals surface area contributed by atoms with Crippen LogP contribution in [-0.2, 0) is 24.7 Å². The molecule has 2 aromatic heterocycles. The molecule has 0 fully saturated rings. The number of sulfone groups is 1. The summed E-state index contributed by atoms with van der Waals surface area (Å²) in [6.45, 7) is 1.38. The molecule has 0 radical (unpaired) electrons. The number of hydrogen-bond donors (Lipinski definition) is 1. The fraction of sp³-hybridized carbons (Fsp3) is 0.269. The number of pyridine rings is 1. The summed E-state index contributed by atoms with van der Waals surface area (Å²) in [6, 6.07) is 12.9. The van der Waals surface area contributed by atoms with Gasteiger partial charge in [0.1, 0.15) is 28.7 Å². The Bertz CT molecular complexity index is 1790. The van der Waals surface area contributed by atoms with E-state index in [0.29, 0.717) is 0 Å². The Morgan fingerprint density at radius 3 is 2.19 bits per heavy atom. The van der Waals surface area contributed by atoms with E-state index >= 15 is 0 Å². The molecule has 0 aliphatic carbocycles. The molecule has 224 valence electrons. The average Bonchev–Trinajstić information content (AvgIpc) is 3.41. The Balaban J connectivity index is 2.12. The molecule has 2 aromatic carbocycles. The number of benzene rings is 2. The van der Waals surface area contributed by atoms with E-state index in [4.69, 9.17) is 19.0 Å². The molecule has 0 aliphatic rings. The average molecular weight is 622 g/mol. The Morgan fingerprint density at radius 1 is 0.929 bits per heavy atom. The Morgan fingerprint density at radius 2 is 1.60 bits per heavy atom. The van der Waals surface area contributed by atoms with Crippen LogP contribution in [0.5, 0.6) is 17.4 Å². The summed E-state index contributed by atoms with van der Waals surface area (Å²) >= 11 is 0. The van der Waals surface area contributed by atoms with E-state index in [1.54, 1.807) is 36.4 Å². The maximum absolute atomic E-state index is 14.3. The lowest BCUT2D eigenvalue weighted by Crippen LogP contribution is -2.30. The summed E-state index contributed by atoms with van der Waals surface area (Å²) in [5.74, 6) is -0.356. The third-order valence-corrected chi connectivity index (χ3v) is 8.30. The second kappa shape index (κ2) is 12.4. The third kappa shape index (κ3) is 6.35. The van der Waals surface area contributed by atoms with Crippen LogP contribution in [0.3, 0.4) is 0 Å². The van der Waals surface area contributed by atoms with E-state index in [-0.39, 0.29) is 51.7 Å². The van der Waals surface area contributed by atoms with E-state index < -0.39 is 36.7 Å². The number of nitrogens with one attached hydrogen (secondary N) is 1. The van der Waals surface area contributed by atoms with Gasteiger partial charge >= 0.3 is 0 Å². The van der Waals surface area contributed by atoms with Gasteiger partial charge in [0.15, 0.2) is 27.6 Å². The van der Waals surface area contributed by atoms with E-state index in [9.17, 15) is 21.2 Å². The highest BCUT2D eigenvalue weighted by atomic mass is 32.2. The first-order valence-corrected chi connectivity index (χ1v) is 15.8. The van der Waals surface area contributed by atoms with Crippen molar-refractivity contribution < 1.29 is 40.3 Å². The maximum atomic E-state index is 14.3. The van der Waals surface area contributed by atoms with Crippen molar-refractivity contribution in [1.29, 1.82) is 0 Å². The number of sulfonamides is 1. The molecule has 0 spiro atoms. The first-order chi connectivity index (χ1) is 19.9. The molecular weight excluding hydrogens is 593 g/mol. The third-order valence-electron chi connectivity index (χ3n) is 6.04. The highest BCUT2D eigenvalue weighted by Crippen LogP contribution is 2.40. The fourth-order valence-electron chi connectivity index (χ4n) is 4.04. The second-order valence-electron chi connectivity index (χ2n) is 8.73. The summed E-state index contributed by atoms with van der Waals surface area (Å²) in [5.41, 5.74) is 0.416. The molecule has 13 nitrogen and oxygen atoms in total. The van der Waals surface area contributed by atoms with Gasteiger partial charge in [-0.2, -0.15) is 0 Å². The van der Waals surface area contributed by atoms with E-state index in [2.05, 4.69) is 15.2 Å². The fourth-order valence-corrected chi connectivity index (χ4v) is 5.33. The quantitative estimate of drug-likeness (QED) is 0.232. The zero-order chi connectivity index (χ0) is 30.7. The van der Waals surface area contributed by atoms with Crippen LogP contribution in [0.2, 0.25) is 0 Å². The minimum atomic E-state index is -4.06. The lowest BCUT2D eigenvalue weighted by molar-refractivity contribution is 0.0338. The number of aromatic nitrogens is 4. The van der Waals surface area contributed by atoms with Gasteiger partial charge in [-0.05, 0) is 37.3 Å². The van der Waals surface area contributed by atoms with Crippen molar-refractivity contribution >= 4 is 19.9 Å². The molecule has 0 bridgehead atoms. The molecule has 1 atom stereocenters. The van der Waals surface area contributed by atoms with Crippen molar-refractivity contribution in [2.24, 2.45) is 0 Å². The van der Waals surface area contributed by atoms with Crippen molar-refractivity contribution in [2.75, 3.05) is 33.3 Å². The van der Waals surface area contributed by atoms with Gasteiger partial charge in [0.2, 0.25) is 15.9 Å². The van der Waals surface area contributed by atoms with Crippen molar-refractivity contribution in [3.63, 3.8) is 0 Å². The Kier molecular flexibility index (Phi) is 9.10. The molecule has 4 aromatic rings. The van der Waals surface area contributed by atoms with Crippen LogP contribution in [0.15, 0.2) is 59.5 Å². The molecule has 42 heavy (non-hydrogen) atoms. The molecule has 1 N–H and O–H groups in total. The van der Waals surface area contributed by atoms with E-state index in [1.165, 1.54) is 38.9 Å². The van der Waals surface area contributed by atoms with Gasteiger partial charge in [-0.25, -0.2) is 26.2 Å². The van der Waals surface area contributed by atoms with Gasteiger partial charge in [-0.15, -0.1) is 10.2 Å². The van der Waals surface area contributed by atoms with Gasteiger partial charge in [0.05, 0.1) is 32.0 Å². The Hall–Kier alpha value is -4.12. The number of hydrogen-bond acceptors (Lipinski definition) is 11. The van der Waals surface area contributed by atoms with Crippen molar-refractivity contribution in [1.82, 2.24) is 24.6 Å². The molecule has 0 amide bonds. The van der Waals surface area contributed by atoms with Crippen molar-refractivity contribution in [3.8, 4) is 34.6 Å². The van der Waals surface area contributed by atoms with Crippen LogP contribution >= 0.6 is 0 Å². The monoisotopic (exact) mass is 621 g/mol. The summed E-state index contributed by atoms with van der Waals surface area (Å²) < 4.78 is 82.7. The molecular formula is C26H28FN5O8S2. The molecule has 0 saturated carbocycles. The standard InChI is InChI=1S/C26H28FN5O8S2/c1-6-42(35,36)31-40-24(17-14-13-16(27)15-21(17)41(5,33)34)26-30-29-25(18-9-7-12-22(28-18)39-4)32(26)23-19(37-2)10-8-11-20(23)38-3/h7-15,24,31H,6H2,1-5H3. The maximum Gasteiger partial charge on any atom is 0.233 e. The van der Waals surface area contributed by atoms with Crippen LogP contribution < -0.4 is 19.1 Å². The van der Waals surface area contributed by atoms with Crippen LogP contribution in [0.25, 0.3) is 17.2 Å². The first-order valence-electron chi connectivity index (χ1n) is 12.3. The number of halogens is 1. The SMILES string of the molecule is CCS(=O)(=O)NOC(c1ccc(F)cc1S(C)(=O)=O)c1nnc(-c2cccc(OC)n2)n1-c1c(OC)cccc1OC. The van der Waals surface area contributed by atoms with Crippen LogP contribution in [0, 0.1) is 5.82 Å². The zero-order valence-electron chi connectivity index (χ0n) is 23.2. The van der Waals surface area contributed by atoms with Gasteiger partial charge in [-0.1, -0.05) is 23.1 Å². The molecule has 16 heteroatoms. The highest BCUT2D eigenvalue weighted by Gasteiger charge is 2.33. The van der Waals surface area contributed by atoms with Gasteiger partial charge in [0, 0.05) is 17.9 Å². The van der Waals surface area contributed by atoms with Crippen LogP contribution in [0.4, 0.5) is 4.39 Å². The second-order valence-corrected chi connectivity index (χ2v) is 12.7. The van der Waals surface area contributed by atoms with Gasteiger partial charge < -0.3 is 14.2 Å². The Labute approximate surface area is 242 Å². The summed E-state index contributed by atoms with van der Waals surface area (Å²) in [7, 11) is -3.74. The van der Waals surface area contributed by atoms with Crippen molar-refractivity contribution in [3.05, 3.63) is 71.8 Å². The number of rotatable bonds is 12. The molecule has 0 aliphatic heterocycles. The minimum Gasteiger partial charge on any atom is -0.494 e.